The number of hydrogen-bond acceptors (Lipinski definition) is 2. The monoisotopic (exact) mass is 320 g/mol. The molecule has 0 amide bonds. The van der Waals surface area contributed by atoms with E-state index in [-0.39, 0.29) is 11.3 Å². The quantitative estimate of drug-likeness (QED) is 0.585. The van der Waals surface area contributed by atoms with Gasteiger partial charge in [0.1, 0.15) is 16.7 Å². The fraction of sp³-hybridized carbons (Fsp3) is 0.0909. The molecule has 0 saturated carbocycles. The van der Waals surface area contributed by atoms with Crippen molar-refractivity contribution < 1.29 is 17.6 Å². The molecule has 1 aromatic carbocycles. The van der Waals surface area contributed by atoms with Gasteiger partial charge in [0, 0.05) is 5.56 Å². The van der Waals surface area contributed by atoms with Crippen molar-refractivity contribution in [3.05, 3.63) is 46.6 Å². The number of benzene rings is 1. The minimum atomic E-state index is -4.73. The molecule has 0 aliphatic carbocycles. The first-order chi connectivity index (χ1) is 8.38. The molecule has 0 bridgehead atoms. The van der Waals surface area contributed by atoms with Crippen molar-refractivity contribution in [2.45, 2.75) is 6.18 Å². The van der Waals surface area contributed by atoms with E-state index in [4.69, 9.17) is 0 Å². The molecule has 2 aromatic rings. The predicted molar refractivity (Wildman–Crippen MR) is 60.1 cm³/mol. The van der Waals surface area contributed by atoms with Crippen LogP contribution in [0, 0.1) is 5.82 Å². The molecule has 0 N–H and O–H groups in total. The van der Waals surface area contributed by atoms with E-state index in [0.29, 0.717) is 4.60 Å². The van der Waals surface area contributed by atoms with Crippen molar-refractivity contribution in [2.75, 3.05) is 0 Å². The zero-order chi connectivity index (χ0) is 13.3. The molecular weight excluding hydrogens is 316 g/mol. The average molecular weight is 321 g/mol. The van der Waals surface area contributed by atoms with E-state index in [0.717, 1.165) is 12.1 Å². The number of hydrogen-bond donors (Lipinski definition) is 0. The summed E-state index contributed by atoms with van der Waals surface area (Å²) in [6.07, 6.45) is -3.53. The molecule has 18 heavy (non-hydrogen) atoms. The lowest BCUT2D eigenvalue weighted by molar-refractivity contribution is -0.139. The molecule has 94 valence electrons. The number of nitrogens with zero attached hydrogens (tertiary/aromatic N) is 2. The van der Waals surface area contributed by atoms with Crippen LogP contribution < -0.4 is 0 Å². The molecular formula is C11H5BrF4N2. The molecule has 0 unspecified atom stereocenters. The van der Waals surface area contributed by atoms with Crippen LogP contribution in [-0.4, -0.2) is 9.97 Å². The molecule has 2 rings (SSSR count). The molecule has 7 heteroatoms. The number of rotatable bonds is 1. The molecule has 1 aromatic heterocycles. The summed E-state index contributed by atoms with van der Waals surface area (Å²) in [5, 5.41) is 0. The number of aromatic nitrogens is 2. The van der Waals surface area contributed by atoms with Crippen LogP contribution >= 0.6 is 15.9 Å². The Kier molecular flexibility index (Phi) is 3.34. The second-order valence-corrected chi connectivity index (χ2v) is 4.23. The molecule has 0 fully saturated rings. The van der Waals surface area contributed by atoms with Gasteiger partial charge in [-0.05, 0) is 40.2 Å². The van der Waals surface area contributed by atoms with E-state index in [2.05, 4.69) is 25.9 Å². The van der Waals surface area contributed by atoms with Gasteiger partial charge in [0.05, 0.1) is 11.3 Å². The highest BCUT2D eigenvalue weighted by atomic mass is 79.9. The zero-order valence-corrected chi connectivity index (χ0v) is 10.3. The fourth-order valence-corrected chi connectivity index (χ4v) is 1.70. The Hall–Kier alpha value is -1.50. The van der Waals surface area contributed by atoms with Gasteiger partial charge >= 0.3 is 6.18 Å². The van der Waals surface area contributed by atoms with E-state index in [9.17, 15) is 17.6 Å². The first-order valence-corrected chi connectivity index (χ1v) is 5.52. The van der Waals surface area contributed by atoms with E-state index in [1.54, 1.807) is 0 Å². The molecule has 0 saturated heterocycles. The summed E-state index contributed by atoms with van der Waals surface area (Å²) in [5.41, 5.74) is -0.857. The number of halogens is 5. The summed E-state index contributed by atoms with van der Waals surface area (Å²) in [6.45, 7) is 0. The summed E-state index contributed by atoms with van der Waals surface area (Å²) < 4.78 is 51.2. The van der Waals surface area contributed by atoms with E-state index >= 15 is 0 Å². The second kappa shape index (κ2) is 4.64. The Morgan fingerprint density at radius 1 is 1.06 bits per heavy atom. The Morgan fingerprint density at radius 2 is 1.78 bits per heavy atom. The fourth-order valence-electron chi connectivity index (χ4n) is 1.39. The maximum Gasteiger partial charge on any atom is 0.419 e. The Balaban J connectivity index is 2.54. The molecule has 1 heterocycles. The van der Waals surface area contributed by atoms with Crippen molar-refractivity contribution in [1.29, 1.82) is 0 Å². The summed E-state index contributed by atoms with van der Waals surface area (Å²) in [5.74, 6) is -1.31. The summed E-state index contributed by atoms with van der Waals surface area (Å²) in [4.78, 5) is 7.60. The Bertz CT molecular complexity index is 583. The Labute approximate surface area is 108 Å². The van der Waals surface area contributed by atoms with Gasteiger partial charge in [-0.2, -0.15) is 13.2 Å². The minimum Gasteiger partial charge on any atom is -0.236 e. The standard InChI is InChI=1S/C11H5BrF4N2/c12-10-4-9(17-5-18-10)6-1-2-8(13)7(3-6)11(14,15)16/h1-5H. The average Bonchev–Trinajstić information content (AvgIpc) is 2.28. The van der Waals surface area contributed by atoms with E-state index < -0.39 is 17.6 Å². The molecule has 0 aliphatic heterocycles. The van der Waals surface area contributed by atoms with Gasteiger partial charge in [-0.1, -0.05) is 0 Å². The van der Waals surface area contributed by atoms with Crippen LogP contribution in [0.25, 0.3) is 11.3 Å². The van der Waals surface area contributed by atoms with E-state index in [1.807, 2.05) is 0 Å². The highest BCUT2D eigenvalue weighted by Crippen LogP contribution is 2.34. The summed E-state index contributed by atoms with van der Waals surface area (Å²) in [7, 11) is 0. The third-order valence-electron chi connectivity index (χ3n) is 2.20. The number of alkyl halides is 3. The highest BCUT2D eigenvalue weighted by molar-refractivity contribution is 9.10. The lowest BCUT2D eigenvalue weighted by atomic mass is 10.1. The van der Waals surface area contributed by atoms with Crippen LogP contribution in [0.15, 0.2) is 35.2 Å². The SMILES string of the molecule is Fc1ccc(-c2cc(Br)ncn2)cc1C(F)(F)F. The van der Waals surface area contributed by atoms with Crippen molar-refractivity contribution in [1.82, 2.24) is 9.97 Å². The Morgan fingerprint density at radius 3 is 2.39 bits per heavy atom. The largest absolute Gasteiger partial charge is 0.419 e. The van der Waals surface area contributed by atoms with Crippen LogP contribution in [0.1, 0.15) is 5.56 Å². The van der Waals surface area contributed by atoms with Gasteiger partial charge in [0.15, 0.2) is 0 Å². The molecule has 2 nitrogen and oxygen atoms in total. The van der Waals surface area contributed by atoms with Crippen molar-refractivity contribution in [3.63, 3.8) is 0 Å². The molecule has 0 atom stereocenters. The third kappa shape index (κ3) is 2.66. The lowest BCUT2D eigenvalue weighted by Gasteiger charge is -2.09. The van der Waals surface area contributed by atoms with Crippen LogP contribution in [0.3, 0.4) is 0 Å². The van der Waals surface area contributed by atoms with Crippen LogP contribution in [0.2, 0.25) is 0 Å². The molecule has 0 radical (unpaired) electrons. The first-order valence-electron chi connectivity index (χ1n) is 4.72. The third-order valence-corrected chi connectivity index (χ3v) is 2.63. The summed E-state index contributed by atoms with van der Waals surface area (Å²) in [6, 6.07) is 4.19. The van der Waals surface area contributed by atoms with Crippen LogP contribution in [0.5, 0.6) is 0 Å². The first kappa shape index (κ1) is 12.9. The maximum atomic E-state index is 13.1. The smallest absolute Gasteiger partial charge is 0.236 e. The van der Waals surface area contributed by atoms with Gasteiger partial charge in [-0.25, -0.2) is 14.4 Å². The van der Waals surface area contributed by atoms with Gasteiger partial charge in [0.25, 0.3) is 0 Å². The zero-order valence-electron chi connectivity index (χ0n) is 8.67. The highest BCUT2D eigenvalue weighted by Gasteiger charge is 2.34. The lowest BCUT2D eigenvalue weighted by Crippen LogP contribution is -2.08. The molecule has 0 aliphatic rings. The predicted octanol–water partition coefficient (Wildman–Crippen LogP) is 4.06. The van der Waals surface area contributed by atoms with Crippen LogP contribution in [-0.2, 0) is 6.18 Å². The maximum absolute atomic E-state index is 13.1. The van der Waals surface area contributed by atoms with Gasteiger partial charge in [-0.15, -0.1) is 0 Å². The second-order valence-electron chi connectivity index (χ2n) is 3.42. The van der Waals surface area contributed by atoms with Crippen molar-refractivity contribution in [2.24, 2.45) is 0 Å². The van der Waals surface area contributed by atoms with Gasteiger partial charge in [0.2, 0.25) is 0 Å². The van der Waals surface area contributed by atoms with Crippen molar-refractivity contribution >= 4 is 15.9 Å². The van der Waals surface area contributed by atoms with Crippen LogP contribution in [0.4, 0.5) is 17.6 Å². The van der Waals surface area contributed by atoms with Crippen molar-refractivity contribution in [3.8, 4) is 11.3 Å². The van der Waals surface area contributed by atoms with Gasteiger partial charge < -0.3 is 0 Å². The normalized spacial score (nSPS) is 11.6. The minimum absolute atomic E-state index is 0.173. The van der Waals surface area contributed by atoms with Gasteiger partial charge in [-0.3, -0.25) is 0 Å². The topological polar surface area (TPSA) is 25.8 Å². The molecule has 0 spiro atoms. The van der Waals surface area contributed by atoms with E-state index in [1.165, 1.54) is 18.5 Å². The summed E-state index contributed by atoms with van der Waals surface area (Å²) >= 11 is 3.08.